The maximum Gasteiger partial charge on any atom is -0.0389 e. The van der Waals surface area contributed by atoms with E-state index in [2.05, 4.69) is 27.7 Å². The van der Waals surface area contributed by atoms with Crippen LogP contribution in [0.5, 0.6) is 0 Å². The molecular formula is C9H18. The second kappa shape index (κ2) is 2.32. The van der Waals surface area contributed by atoms with E-state index in [9.17, 15) is 0 Å². The second-order valence-electron chi connectivity index (χ2n) is 3.91. The molecule has 1 rings (SSSR count). The van der Waals surface area contributed by atoms with E-state index >= 15 is 0 Å². The van der Waals surface area contributed by atoms with E-state index in [0.29, 0.717) is 0 Å². The summed E-state index contributed by atoms with van der Waals surface area (Å²) < 4.78 is 0. The fraction of sp³-hybridized carbons (Fsp3) is 1.00. The summed E-state index contributed by atoms with van der Waals surface area (Å²) in [6.07, 6.45) is 1.45. The Balaban J connectivity index is 2.54. The van der Waals surface area contributed by atoms with Crippen molar-refractivity contribution in [3.8, 4) is 0 Å². The van der Waals surface area contributed by atoms with E-state index in [0.717, 1.165) is 23.7 Å². The molecule has 0 aromatic carbocycles. The molecular weight excluding hydrogens is 108 g/mol. The molecule has 0 aliphatic heterocycles. The summed E-state index contributed by atoms with van der Waals surface area (Å²) in [5.41, 5.74) is 0. The smallest absolute Gasteiger partial charge is 0.0389 e. The van der Waals surface area contributed by atoms with Crippen LogP contribution in [-0.2, 0) is 0 Å². The topological polar surface area (TPSA) is 0 Å². The van der Waals surface area contributed by atoms with Crippen LogP contribution in [-0.4, -0.2) is 0 Å². The van der Waals surface area contributed by atoms with Gasteiger partial charge >= 0.3 is 0 Å². The quantitative estimate of drug-likeness (QED) is 0.468. The molecule has 1 fully saturated rings. The first-order chi connectivity index (χ1) is 4.13. The van der Waals surface area contributed by atoms with Crippen LogP contribution < -0.4 is 0 Å². The maximum absolute atomic E-state index is 2.39. The first-order valence-electron chi connectivity index (χ1n) is 4.13. The fourth-order valence-electron chi connectivity index (χ4n) is 2.05. The van der Waals surface area contributed by atoms with Gasteiger partial charge in [-0.05, 0) is 30.1 Å². The molecule has 0 saturated heterocycles. The molecule has 0 nitrogen and oxygen atoms in total. The highest BCUT2D eigenvalue weighted by Gasteiger charge is 2.31. The lowest BCUT2D eigenvalue weighted by Gasteiger charge is -2.14. The molecule has 0 aromatic rings. The van der Waals surface area contributed by atoms with Crippen LogP contribution in [0.15, 0.2) is 0 Å². The van der Waals surface area contributed by atoms with E-state index in [1.165, 1.54) is 6.42 Å². The summed E-state index contributed by atoms with van der Waals surface area (Å²) in [6.45, 7) is 9.53. The van der Waals surface area contributed by atoms with E-state index in [1.54, 1.807) is 0 Å². The van der Waals surface area contributed by atoms with E-state index in [1.807, 2.05) is 0 Å². The summed E-state index contributed by atoms with van der Waals surface area (Å²) in [5, 5.41) is 0. The predicted molar refractivity (Wildman–Crippen MR) is 41.3 cm³/mol. The summed E-state index contributed by atoms with van der Waals surface area (Å²) in [7, 11) is 0. The van der Waals surface area contributed by atoms with Crippen LogP contribution in [0, 0.1) is 23.7 Å². The lowest BCUT2D eigenvalue weighted by Crippen LogP contribution is -2.07. The standard InChI is InChI=1S/C9H18/c1-6-5-7(2)9(4)8(6)3/h6-9H,5H2,1-4H3/t6-,7+,8-,9-/m1/s1. The number of hydrogen-bond donors (Lipinski definition) is 0. The highest BCUT2D eigenvalue weighted by Crippen LogP contribution is 2.40. The van der Waals surface area contributed by atoms with Crippen molar-refractivity contribution in [1.82, 2.24) is 0 Å². The first-order valence-corrected chi connectivity index (χ1v) is 4.13. The van der Waals surface area contributed by atoms with Gasteiger partial charge in [0.2, 0.25) is 0 Å². The van der Waals surface area contributed by atoms with Crippen molar-refractivity contribution in [2.45, 2.75) is 34.1 Å². The van der Waals surface area contributed by atoms with Crippen molar-refractivity contribution < 1.29 is 0 Å². The summed E-state index contributed by atoms with van der Waals surface area (Å²) >= 11 is 0. The molecule has 54 valence electrons. The lowest BCUT2D eigenvalue weighted by molar-refractivity contribution is 0.352. The van der Waals surface area contributed by atoms with Crippen molar-refractivity contribution in [2.75, 3.05) is 0 Å². The SMILES string of the molecule is C[C@H]1[C@H](C)[C@@H](C)C[C@H]1C. The monoisotopic (exact) mass is 126 g/mol. The average Bonchev–Trinajstić information content (AvgIpc) is 1.98. The maximum atomic E-state index is 2.39. The zero-order chi connectivity index (χ0) is 7.02. The molecule has 0 bridgehead atoms. The van der Waals surface area contributed by atoms with E-state index in [-0.39, 0.29) is 0 Å². The third kappa shape index (κ3) is 1.12. The molecule has 0 N–H and O–H groups in total. The highest BCUT2D eigenvalue weighted by molar-refractivity contribution is 4.81. The van der Waals surface area contributed by atoms with Gasteiger partial charge in [0, 0.05) is 0 Å². The molecule has 1 aliphatic rings. The van der Waals surface area contributed by atoms with Gasteiger partial charge in [-0.15, -0.1) is 0 Å². The Morgan fingerprint density at radius 3 is 1.22 bits per heavy atom. The van der Waals surface area contributed by atoms with Crippen LogP contribution >= 0.6 is 0 Å². The minimum absolute atomic E-state index is 0.958. The van der Waals surface area contributed by atoms with Crippen molar-refractivity contribution in [1.29, 1.82) is 0 Å². The molecule has 0 heterocycles. The van der Waals surface area contributed by atoms with Gasteiger partial charge in [-0.25, -0.2) is 0 Å². The minimum Gasteiger partial charge on any atom is -0.0622 e. The normalized spacial score (nSPS) is 52.0. The molecule has 0 heteroatoms. The zero-order valence-electron chi connectivity index (χ0n) is 7.02. The molecule has 4 atom stereocenters. The van der Waals surface area contributed by atoms with Crippen LogP contribution in [0.4, 0.5) is 0 Å². The summed E-state index contributed by atoms with van der Waals surface area (Å²) in [6, 6.07) is 0. The molecule has 0 amide bonds. The van der Waals surface area contributed by atoms with Crippen LogP contribution in [0.1, 0.15) is 34.1 Å². The summed E-state index contributed by atoms with van der Waals surface area (Å²) in [5.74, 6) is 3.85. The van der Waals surface area contributed by atoms with Gasteiger partial charge in [0.25, 0.3) is 0 Å². The Kier molecular flexibility index (Phi) is 1.83. The zero-order valence-corrected chi connectivity index (χ0v) is 7.02. The van der Waals surface area contributed by atoms with Gasteiger partial charge in [0.1, 0.15) is 0 Å². The van der Waals surface area contributed by atoms with E-state index in [4.69, 9.17) is 0 Å². The van der Waals surface area contributed by atoms with Gasteiger partial charge < -0.3 is 0 Å². The van der Waals surface area contributed by atoms with Gasteiger partial charge in [-0.2, -0.15) is 0 Å². The van der Waals surface area contributed by atoms with Crippen LogP contribution in [0.25, 0.3) is 0 Å². The fourth-order valence-corrected chi connectivity index (χ4v) is 2.05. The van der Waals surface area contributed by atoms with Gasteiger partial charge in [0.15, 0.2) is 0 Å². The van der Waals surface area contributed by atoms with Crippen molar-refractivity contribution >= 4 is 0 Å². The summed E-state index contributed by atoms with van der Waals surface area (Å²) in [4.78, 5) is 0. The highest BCUT2D eigenvalue weighted by atomic mass is 14.4. The molecule has 0 unspecified atom stereocenters. The van der Waals surface area contributed by atoms with Crippen molar-refractivity contribution in [2.24, 2.45) is 23.7 Å². The minimum atomic E-state index is 0.958. The van der Waals surface area contributed by atoms with Crippen molar-refractivity contribution in [3.05, 3.63) is 0 Å². The van der Waals surface area contributed by atoms with Crippen LogP contribution in [0.3, 0.4) is 0 Å². The third-order valence-corrected chi connectivity index (χ3v) is 3.37. The first kappa shape index (κ1) is 7.11. The van der Waals surface area contributed by atoms with Gasteiger partial charge in [-0.3, -0.25) is 0 Å². The van der Waals surface area contributed by atoms with Crippen molar-refractivity contribution in [3.63, 3.8) is 0 Å². The Morgan fingerprint density at radius 2 is 1.11 bits per heavy atom. The largest absolute Gasteiger partial charge is 0.0622 e. The lowest BCUT2D eigenvalue weighted by atomic mass is 9.92. The molecule has 0 radical (unpaired) electrons. The Labute approximate surface area is 58.7 Å². The second-order valence-corrected chi connectivity index (χ2v) is 3.91. The number of rotatable bonds is 0. The average molecular weight is 126 g/mol. The Hall–Kier alpha value is 0. The predicted octanol–water partition coefficient (Wildman–Crippen LogP) is 2.93. The van der Waals surface area contributed by atoms with E-state index < -0.39 is 0 Å². The molecule has 1 aliphatic carbocycles. The van der Waals surface area contributed by atoms with Gasteiger partial charge in [0.05, 0.1) is 0 Å². The Bertz CT molecular complexity index is 84.2. The molecule has 0 spiro atoms. The third-order valence-electron chi connectivity index (χ3n) is 3.37. The Morgan fingerprint density at radius 1 is 0.778 bits per heavy atom. The number of hydrogen-bond acceptors (Lipinski definition) is 0. The molecule has 1 saturated carbocycles. The van der Waals surface area contributed by atoms with Gasteiger partial charge in [-0.1, -0.05) is 27.7 Å². The molecule has 0 aromatic heterocycles. The molecule has 9 heavy (non-hydrogen) atoms. The van der Waals surface area contributed by atoms with Crippen LogP contribution in [0.2, 0.25) is 0 Å².